The molecular formula is C18H15Cl2FN2O. The quantitative estimate of drug-likeness (QED) is 0.721. The zero-order valence-corrected chi connectivity index (χ0v) is 14.4. The van der Waals surface area contributed by atoms with Crippen LogP contribution in [-0.4, -0.2) is 22.0 Å². The maximum Gasteiger partial charge on any atom is 0.261 e. The Labute approximate surface area is 149 Å². The first-order valence-corrected chi connectivity index (χ1v) is 8.33. The molecule has 0 saturated heterocycles. The summed E-state index contributed by atoms with van der Waals surface area (Å²) in [4.78, 5) is 12.4. The van der Waals surface area contributed by atoms with Gasteiger partial charge in [0, 0.05) is 11.4 Å². The van der Waals surface area contributed by atoms with Crippen LogP contribution in [0.4, 0.5) is 4.39 Å². The molecule has 0 saturated carbocycles. The number of hydrogen-bond acceptors (Lipinski definition) is 2. The molecular weight excluding hydrogens is 350 g/mol. The summed E-state index contributed by atoms with van der Waals surface area (Å²) in [5.41, 5.74) is 2.43. The minimum Gasteiger partial charge on any atom is -0.271 e. The van der Waals surface area contributed by atoms with E-state index in [1.54, 1.807) is 31.2 Å². The van der Waals surface area contributed by atoms with Gasteiger partial charge in [0.1, 0.15) is 11.2 Å². The summed E-state index contributed by atoms with van der Waals surface area (Å²) in [6.45, 7) is 1.62. The van der Waals surface area contributed by atoms with Crippen molar-refractivity contribution in [3.8, 4) is 0 Å². The topological polar surface area (TPSA) is 32.7 Å². The van der Waals surface area contributed by atoms with Crippen molar-refractivity contribution in [3.05, 3.63) is 70.5 Å². The molecule has 1 aliphatic heterocycles. The summed E-state index contributed by atoms with van der Waals surface area (Å²) >= 11 is 11.9. The van der Waals surface area contributed by atoms with E-state index in [4.69, 9.17) is 23.2 Å². The molecule has 2 aromatic rings. The molecule has 0 aromatic heterocycles. The van der Waals surface area contributed by atoms with E-state index in [9.17, 15) is 9.18 Å². The molecule has 2 atom stereocenters. The van der Waals surface area contributed by atoms with Gasteiger partial charge in [0.2, 0.25) is 0 Å². The number of carbonyl (C=O) groups excluding carboxylic acids is 1. The molecule has 2 unspecified atom stereocenters. The van der Waals surface area contributed by atoms with Crippen LogP contribution < -0.4 is 0 Å². The summed E-state index contributed by atoms with van der Waals surface area (Å²) in [7, 11) is 0. The number of hydrazone groups is 1. The highest BCUT2D eigenvalue weighted by atomic mass is 35.5. The van der Waals surface area contributed by atoms with Gasteiger partial charge in [0.15, 0.2) is 0 Å². The van der Waals surface area contributed by atoms with Crippen LogP contribution in [0.2, 0.25) is 5.02 Å². The Hall–Kier alpha value is -1.91. The van der Waals surface area contributed by atoms with Gasteiger partial charge in [-0.25, -0.2) is 9.40 Å². The number of halogens is 3. The average molecular weight is 365 g/mol. The second-order valence-electron chi connectivity index (χ2n) is 5.62. The van der Waals surface area contributed by atoms with Crippen LogP contribution >= 0.6 is 23.2 Å². The smallest absolute Gasteiger partial charge is 0.261 e. The second kappa shape index (κ2) is 6.91. The highest BCUT2D eigenvalue weighted by molar-refractivity contribution is 6.31. The van der Waals surface area contributed by atoms with Crippen LogP contribution in [0.15, 0.2) is 53.6 Å². The van der Waals surface area contributed by atoms with Crippen LogP contribution in [0, 0.1) is 5.82 Å². The van der Waals surface area contributed by atoms with Gasteiger partial charge in [0.25, 0.3) is 5.91 Å². The molecule has 2 aromatic carbocycles. The Morgan fingerprint density at radius 2 is 1.83 bits per heavy atom. The van der Waals surface area contributed by atoms with Crippen LogP contribution in [0.5, 0.6) is 0 Å². The molecule has 1 amide bonds. The van der Waals surface area contributed by atoms with Gasteiger partial charge >= 0.3 is 0 Å². The number of amides is 1. The van der Waals surface area contributed by atoms with Crippen LogP contribution in [0.3, 0.4) is 0 Å². The van der Waals surface area contributed by atoms with E-state index in [2.05, 4.69) is 5.10 Å². The maximum atomic E-state index is 13.1. The number of rotatable bonds is 3. The largest absolute Gasteiger partial charge is 0.271 e. The number of benzene rings is 2. The van der Waals surface area contributed by atoms with Crippen molar-refractivity contribution >= 4 is 34.8 Å². The Morgan fingerprint density at radius 3 is 2.42 bits per heavy atom. The Bertz CT molecular complexity index is 773. The van der Waals surface area contributed by atoms with Crippen molar-refractivity contribution in [2.45, 2.75) is 24.8 Å². The van der Waals surface area contributed by atoms with Crippen molar-refractivity contribution in [1.82, 2.24) is 5.01 Å². The first kappa shape index (κ1) is 16.9. The lowest BCUT2D eigenvalue weighted by molar-refractivity contribution is -0.132. The predicted octanol–water partition coefficient (Wildman–Crippen LogP) is 4.78. The van der Waals surface area contributed by atoms with Crippen LogP contribution in [-0.2, 0) is 4.79 Å². The van der Waals surface area contributed by atoms with Crippen molar-refractivity contribution in [2.75, 3.05) is 0 Å². The number of nitrogens with zero attached hydrogens (tertiary/aromatic N) is 2. The van der Waals surface area contributed by atoms with Crippen molar-refractivity contribution < 1.29 is 9.18 Å². The van der Waals surface area contributed by atoms with Gasteiger partial charge in [-0.05, 0) is 42.3 Å². The van der Waals surface area contributed by atoms with E-state index in [0.29, 0.717) is 11.4 Å². The zero-order valence-electron chi connectivity index (χ0n) is 12.9. The third kappa shape index (κ3) is 3.45. The molecule has 0 radical (unpaired) electrons. The first-order chi connectivity index (χ1) is 11.5. The number of alkyl halides is 1. The normalized spacial score (nSPS) is 18.4. The van der Waals surface area contributed by atoms with Gasteiger partial charge in [-0.2, -0.15) is 5.10 Å². The summed E-state index contributed by atoms with van der Waals surface area (Å²) in [6, 6.07) is 13.1. The summed E-state index contributed by atoms with van der Waals surface area (Å²) < 4.78 is 13.1. The summed E-state index contributed by atoms with van der Waals surface area (Å²) in [5, 5.41) is 5.81. The van der Waals surface area contributed by atoms with Gasteiger partial charge in [0.05, 0.1) is 11.8 Å². The molecule has 24 heavy (non-hydrogen) atoms. The van der Waals surface area contributed by atoms with Crippen LogP contribution in [0.1, 0.15) is 30.5 Å². The lowest BCUT2D eigenvalue weighted by Crippen LogP contribution is -2.32. The van der Waals surface area contributed by atoms with Gasteiger partial charge in [-0.15, -0.1) is 11.6 Å². The summed E-state index contributed by atoms with van der Waals surface area (Å²) in [5.74, 6) is -0.581. The molecule has 1 heterocycles. The molecule has 0 bridgehead atoms. The van der Waals surface area contributed by atoms with Gasteiger partial charge in [-0.1, -0.05) is 35.9 Å². The highest BCUT2D eigenvalue weighted by Gasteiger charge is 2.34. The molecule has 0 aliphatic carbocycles. The molecule has 124 valence electrons. The minimum absolute atomic E-state index is 0.254. The Kier molecular flexibility index (Phi) is 4.88. The fourth-order valence-corrected chi connectivity index (χ4v) is 2.88. The molecule has 3 nitrogen and oxygen atoms in total. The molecule has 0 fully saturated rings. The van der Waals surface area contributed by atoms with Crippen molar-refractivity contribution in [1.29, 1.82) is 0 Å². The van der Waals surface area contributed by atoms with Gasteiger partial charge in [-0.3, -0.25) is 4.79 Å². The average Bonchev–Trinajstić information content (AvgIpc) is 3.00. The van der Waals surface area contributed by atoms with E-state index >= 15 is 0 Å². The first-order valence-electron chi connectivity index (χ1n) is 7.51. The standard InChI is InChI=1S/C18H15Cl2FN2O/c1-11(19)18(24)23-17(13-2-6-14(20)7-3-13)10-16(22-23)12-4-8-15(21)9-5-12/h2-9,11,17H,10H2,1H3. The lowest BCUT2D eigenvalue weighted by Gasteiger charge is -2.23. The zero-order chi connectivity index (χ0) is 17.3. The highest BCUT2D eigenvalue weighted by Crippen LogP contribution is 2.34. The van der Waals surface area contributed by atoms with Crippen molar-refractivity contribution in [3.63, 3.8) is 0 Å². The molecule has 6 heteroatoms. The molecule has 1 aliphatic rings. The number of carbonyl (C=O) groups is 1. The molecule has 0 spiro atoms. The third-order valence-corrected chi connectivity index (χ3v) is 4.35. The maximum absolute atomic E-state index is 13.1. The lowest BCUT2D eigenvalue weighted by atomic mass is 9.98. The molecule has 0 N–H and O–H groups in total. The van der Waals surface area contributed by atoms with Gasteiger partial charge < -0.3 is 0 Å². The van der Waals surface area contributed by atoms with E-state index in [1.165, 1.54) is 17.1 Å². The Balaban J connectivity index is 1.96. The third-order valence-electron chi connectivity index (χ3n) is 3.91. The van der Waals surface area contributed by atoms with Crippen molar-refractivity contribution in [2.24, 2.45) is 5.10 Å². The molecule has 3 rings (SSSR count). The Morgan fingerprint density at radius 1 is 1.21 bits per heavy atom. The fourth-order valence-electron chi connectivity index (χ4n) is 2.66. The van der Waals surface area contributed by atoms with E-state index < -0.39 is 5.38 Å². The van der Waals surface area contributed by atoms with Crippen LogP contribution in [0.25, 0.3) is 0 Å². The fraction of sp³-hybridized carbons (Fsp3) is 0.222. The van der Waals surface area contributed by atoms with E-state index in [-0.39, 0.29) is 17.8 Å². The monoisotopic (exact) mass is 364 g/mol. The summed E-state index contributed by atoms with van der Waals surface area (Å²) in [6.07, 6.45) is 0.530. The SMILES string of the molecule is CC(Cl)C(=O)N1N=C(c2ccc(F)cc2)CC1c1ccc(Cl)cc1. The van der Waals surface area contributed by atoms with E-state index in [0.717, 1.165) is 16.8 Å². The number of hydrogen-bond donors (Lipinski definition) is 0. The minimum atomic E-state index is -0.684. The van der Waals surface area contributed by atoms with E-state index in [1.807, 2.05) is 12.1 Å². The predicted molar refractivity (Wildman–Crippen MR) is 93.9 cm³/mol. The second-order valence-corrected chi connectivity index (χ2v) is 6.71.